The maximum atomic E-state index is 11.8. The first-order chi connectivity index (χ1) is 9.56. The Bertz CT molecular complexity index is 439. The number of hydrogen-bond acceptors (Lipinski definition) is 3. The summed E-state index contributed by atoms with van der Waals surface area (Å²) in [6.45, 7) is 6.28. The molecule has 0 saturated heterocycles. The molecular weight excluding hydrogens is 256 g/mol. The summed E-state index contributed by atoms with van der Waals surface area (Å²) < 4.78 is 0. The van der Waals surface area contributed by atoms with Gasteiger partial charge in [0.15, 0.2) is 0 Å². The molecule has 0 bridgehead atoms. The number of nitrogens with one attached hydrogen (secondary N) is 1. The molecule has 0 aliphatic heterocycles. The molecule has 0 heterocycles. The van der Waals surface area contributed by atoms with Gasteiger partial charge in [0.1, 0.15) is 0 Å². The van der Waals surface area contributed by atoms with Gasteiger partial charge in [0.25, 0.3) is 0 Å². The molecule has 0 saturated carbocycles. The number of carboxylic acid groups (broad SMARTS) is 1. The zero-order chi connectivity index (χ0) is 15.0. The van der Waals surface area contributed by atoms with E-state index < -0.39 is 5.97 Å². The molecule has 0 aliphatic rings. The molecule has 0 atom stereocenters. The third-order valence-electron chi connectivity index (χ3n) is 3.10. The lowest BCUT2D eigenvalue weighted by Gasteiger charge is -2.18. The first-order valence-electron chi connectivity index (χ1n) is 6.84. The lowest BCUT2D eigenvalue weighted by atomic mass is 10.1. The SMILES string of the molecule is CCN(CC)C(=O)CNCc1ccc(CC(=O)O)cc1. The fourth-order valence-corrected chi connectivity index (χ4v) is 1.95. The van der Waals surface area contributed by atoms with Crippen LogP contribution in [-0.2, 0) is 22.6 Å². The number of carboxylic acids is 1. The molecule has 0 radical (unpaired) electrons. The third-order valence-corrected chi connectivity index (χ3v) is 3.10. The topological polar surface area (TPSA) is 69.6 Å². The van der Waals surface area contributed by atoms with Gasteiger partial charge in [-0.15, -0.1) is 0 Å². The summed E-state index contributed by atoms with van der Waals surface area (Å²) >= 11 is 0. The second-order valence-corrected chi connectivity index (χ2v) is 4.56. The van der Waals surface area contributed by atoms with E-state index in [1.807, 2.05) is 26.0 Å². The van der Waals surface area contributed by atoms with Gasteiger partial charge in [-0.3, -0.25) is 9.59 Å². The Kier molecular flexibility index (Phi) is 6.73. The van der Waals surface area contributed by atoms with Crippen molar-refractivity contribution < 1.29 is 14.7 Å². The molecule has 1 aromatic rings. The fraction of sp³-hybridized carbons (Fsp3) is 0.467. The number of rotatable bonds is 8. The minimum Gasteiger partial charge on any atom is -0.481 e. The van der Waals surface area contributed by atoms with Crippen molar-refractivity contribution in [3.63, 3.8) is 0 Å². The second kappa shape index (κ2) is 8.32. The Morgan fingerprint density at radius 1 is 1.10 bits per heavy atom. The average molecular weight is 278 g/mol. The summed E-state index contributed by atoms with van der Waals surface area (Å²) in [5.41, 5.74) is 1.81. The molecular formula is C15H22N2O3. The van der Waals surface area contributed by atoms with Crippen LogP contribution in [0.3, 0.4) is 0 Å². The number of aliphatic carboxylic acids is 1. The molecule has 2 N–H and O–H groups in total. The number of hydrogen-bond donors (Lipinski definition) is 2. The highest BCUT2D eigenvalue weighted by Gasteiger charge is 2.08. The molecule has 5 nitrogen and oxygen atoms in total. The normalized spacial score (nSPS) is 10.3. The van der Waals surface area contributed by atoms with Crippen molar-refractivity contribution in [2.45, 2.75) is 26.8 Å². The van der Waals surface area contributed by atoms with Crippen molar-refractivity contribution in [2.75, 3.05) is 19.6 Å². The number of carbonyl (C=O) groups excluding carboxylic acids is 1. The molecule has 0 aliphatic carbocycles. The zero-order valence-corrected chi connectivity index (χ0v) is 12.1. The van der Waals surface area contributed by atoms with E-state index in [4.69, 9.17) is 5.11 Å². The summed E-state index contributed by atoms with van der Waals surface area (Å²) in [5, 5.41) is 11.8. The Hall–Kier alpha value is -1.88. The zero-order valence-electron chi connectivity index (χ0n) is 12.1. The molecule has 0 fully saturated rings. The molecule has 20 heavy (non-hydrogen) atoms. The summed E-state index contributed by atoms with van der Waals surface area (Å²) in [6, 6.07) is 7.37. The monoisotopic (exact) mass is 278 g/mol. The lowest BCUT2D eigenvalue weighted by Crippen LogP contribution is -2.37. The third kappa shape index (κ3) is 5.40. The van der Waals surface area contributed by atoms with Gasteiger partial charge in [0.2, 0.25) is 5.91 Å². The predicted octanol–water partition coefficient (Wildman–Crippen LogP) is 1.27. The molecule has 1 rings (SSSR count). The van der Waals surface area contributed by atoms with Crippen LogP contribution in [0, 0.1) is 0 Å². The van der Waals surface area contributed by atoms with E-state index in [0.717, 1.165) is 24.2 Å². The maximum Gasteiger partial charge on any atom is 0.307 e. The first-order valence-corrected chi connectivity index (χ1v) is 6.84. The Morgan fingerprint density at radius 3 is 2.15 bits per heavy atom. The van der Waals surface area contributed by atoms with Gasteiger partial charge in [-0.05, 0) is 25.0 Å². The van der Waals surface area contributed by atoms with Crippen molar-refractivity contribution in [3.8, 4) is 0 Å². The number of carbonyl (C=O) groups is 2. The lowest BCUT2D eigenvalue weighted by molar-refractivity contribution is -0.136. The highest BCUT2D eigenvalue weighted by Crippen LogP contribution is 2.05. The second-order valence-electron chi connectivity index (χ2n) is 4.56. The van der Waals surface area contributed by atoms with Crippen LogP contribution in [0.5, 0.6) is 0 Å². The summed E-state index contributed by atoms with van der Waals surface area (Å²) in [4.78, 5) is 24.1. The van der Waals surface area contributed by atoms with Gasteiger partial charge in [0.05, 0.1) is 13.0 Å². The van der Waals surface area contributed by atoms with Crippen LogP contribution >= 0.6 is 0 Å². The van der Waals surface area contributed by atoms with E-state index in [-0.39, 0.29) is 12.3 Å². The van der Waals surface area contributed by atoms with Gasteiger partial charge >= 0.3 is 5.97 Å². The van der Waals surface area contributed by atoms with E-state index in [1.54, 1.807) is 17.0 Å². The first kappa shape index (κ1) is 16.2. The Balaban J connectivity index is 2.38. The Labute approximate surface area is 119 Å². The highest BCUT2D eigenvalue weighted by molar-refractivity contribution is 5.78. The number of amides is 1. The van der Waals surface area contributed by atoms with Gasteiger partial charge < -0.3 is 15.3 Å². The van der Waals surface area contributed by atoms with Crippen LogP contribution in [0.25, 0.3) is 0 Å². The average Bonchev–Trinajstić information content (AvgIpc) is 2.41. The molecule has 1 amide bonds. The predicted molar refractivity (Wildman–Crippen MR) is 77.4 cm³/mol. The Morgan fingerprint density at radius 2 is 1.65 bits per heavy atom. The standard InChI is InChI=1S/C15H22N2O3/c1-3-17(4-2)14(18)11-16-10-13-7-5-12(6-8-13)9-15(19)20/h5-8,16H,3-4,9-11H2,1-2H3,(H,19,20). The quantitative estimate of drug-likeness (QED) is 0.751. The molecule has 110 valence electrons. The largest absolute Gasteiger partial charge is 0.481 e. The van der Waals surface area contributed by atoms with Crippen molar-refractivity contribution >= 4 is 11.9 Å². The molecule has 0 spiro atoms. The highest BCUT2D eigenvalue weighted by atomic mass is 16.4. The van der Waals surface area contributed by atoms with E-state index >= 15 is 0 Å². The van der Waals surface area contributed by atoms with Crippen molar-refractivity contribution in [3.05, 3.63) is 35.4 Å². The van der Waals surface area contributed by atoms with Crippen LogP contribution in [0.15, 0.2) is 24.3 Å². The van der Waals surface area contributed by atoms with Crippen LogP contribution in [0.2, 0.25) is 0 Å². The molecule has 0 aromatic heterocycles. The summed E-state index contributed by atoms with van der Waals surface area (Å²) in [7, 11) is 0. The van der Waals surface area contributed by atoms with Crippen LogP contribution in [0.1, 0.15) is 25.0 Å². The van der Waals surface area contributed by atoms with Gasteiger partial charge in [-0.1, -0.05) is 24.3 Å². The van der Waals surface area contributed by atoms with Gasteiger partial charge in [-0.25, -0.2) is 0 Å². The van der Waals surface area contributed by atoms with Crippen molar-refractivity contribution in [1.82, 2.24) is 10.2 Å². The minimum atomic E-state index is -0.833. The molecule has 1 aromatic carbocycles. The smallest absolute Gasteiger partial charge is 0.307 e. The van der Waals surface area contributed by atoms with Crippen LogP contribution in [-0.4, -0.2) is 41.5 Å². The van der Waals surface area contributed by atoms with Crippen molar-refractivity contribution in [2.24, 2.45) is 0 Å². The summed E-state index contributed by atoms with van der Waals surface area (Å²) in [6.07, 6.45) is 0.0359. The molecule has 0 unspecified atom stereocenters. The van der Waals surface area contributed by atoms with Gasteiger partial charge in [-0.2, -0.15) is 0 Å². The number of benzene rings is 1. The van der Waals surface area contributed by atoms with Crippen molar-refractivity contribution in [1.29, 1.82) is 0 Å². The van der Waals surface area contributed by atoms with Crippen LogP contribution in [0.4, 0.5) is 0 Å². The van der Waals surface area contributed by atoms with Gasteiger partial charge in [0, 0.05) is 19.6 Å². The number of nitrogens with zero attached hydrogens (tertiary/aromatic N) is 1. The number of likely N-dealkylation sites (N-methyl/N-ethyl adjacent to an activating group) is 1. The maximum absolute atomic E-state index is 11.8. The van der Waals surface area contributed by atoms with E-state index in [9.17, 15) is 9.59 Å². The van der Waals surface area contributed by atoms with E-state index in [1.165, 1.54) is 0 Å². The molecule has 5 heteroatoms. The minimum absolute atomic E-state index is 0.0359. The van der Waals surface area contributed by atoms with E-state index in [0.29, 0.717) is 13.1 Å². The summed E-state index contributed by atoms with van der Waals surface area (Å²) in [5.74, 6) is -0.738. The fourth-order valence-electron chi connectivity index (χ4n) is 1.95. The van der Waals surface area contributed by atoms with E-state index in [2.05, 4.69) is 5.32 Å². The van der Waals surface area contributed by atoms with Crippen LogP contribution < -0.4 is 5.32 Å².